The molecule has 1 fully saturated rings. The molecule has 140 valence electrons. The Hall–Kier alpha value is -1.10. The molecule has 1 aliphatic rings. The normalized spacial score (nSPS) is 17.6. The number of ether oxygens (including phenoxy) is 3. The maximum atomic E-state index is 12.3. The molecule has 5 heteroatoms. The van der Waals surface area contributed by atoms with E-state index in [1.165, 1.54) is 0 Å². The van der Waals surface area contributed by atoms with Crippen molar-refractivity contribution in [1.82, 2.24) is 0 Å². The van der Waals surface area contributed by atoms with E-state index < -0.39 is 11.0 Å². The molecule has 0 aliphatic heterocycles. The van der Waals surface area contributed by atoms with E-state index in [0.717, 1.165) is 25.7 Å². The van der Waals surface area contributed by atoms with Crippen molar-refractivity contribution in [3.63, 3.8) is 0 Å². The molecule has 0 aromatic heterocycles. The lowest BCUT2D eigenvalue weighted by molar-refractivity contribution is -0.180. The van der Waals surface area contributed by atoms with Crippen molar-refractivity contribution in [3.8, 4) is 0 Å². The molecule has 1 rings (SSSR count). The SMILES string of the molecule is CCC(C)(C)C(=O)OCCC(=O)OC1(C(C)(C)COC)CCCC1. The number of carbonyl (C=O) groups excluding carboxylic acids is 2. The van der Waals surface area contributed by atoms with E-state index >= 15 is 0 Å². The first-order valence-corrected chi connectivity index (χ1v) is 8.98. The van der Waals surface area contributed by atoms with Crippen molar-refractivity contribution in [2.45, 2.75) is 78.7 Å². The van der Waals surface area contributed by atoms with Gasteiger partial charge in [-0.05, 0) is 46.0 Å². The maximum absolute atomic E-state index is 12.3. The van der Waals surface area contributed by atoms with Crippen molar-refractivity contribution >= 4 is 11.9 Å². The van der Waals surface area contributed by atoms with Gasteiger partial charge in [-0.15, -0.1) is 0 Å². The highest BCUT2D eigenvalue weighted by Crippen LogP contribution is 2.47. The zero-order valence-corrected chi connectivity index (χ0v) is 16.2. The third-order valence-corrected chi connectivity index (χ3v) is 5.43. The van der Waals surface area contributed by atoms with Crippen LogP contribution < -0.4 is 0 Å². The van der Waals surface area contributed by atoms with Crippen LogP contribution in [0.1, 0.15) is 73.1 Å². The average molecular weight is 342 g/mol. The van der Waals surface area contributed by atoms with Crippen molar-refractivity contribution in [2.75, 3.05) is 20.3 Å². The average Bonchev–Trinajstić information content (AvgIpc) is 2.97. The van der Waals surface area contributed by atoms with Crippen LogP contribution in [0.5, 0.6) is 0 Å². The van der Waals surface area contributed by atoms with Crippen LogP contribution in [-0.4, -0.2) is 37.9 Å². The molecule has 0 radical (unpaired) electrons. The van der Waals surface area contributed by atoms with Gasteiger partial charge >= 0.3 is 11.9 Å². The Labute approximate surface area is 146 Å². The highest BCUT2D eigenvalue weighted by molar-refractivity contribution is 5.76. The van der Waals surface area contributed by atoms with Crippen molar-refractivity contribution < 1.29 is 23.8 Å². The molecule has 0 aromatic rings. The summed E-state index contributed by atoms with van der Waals surface area (Å²) < 4.78 is 16.5. The minimum atomic E-state index is -0.517. The Bertz CT molecular complexity index is 433. The van der Waals surface area contributed by atoms with Crippen LogP contribution in [0.2, 0.25) is 0 Å². The van der Waals surface area contributed by atoms with Gasteiger partial charge in [-0.2, -0.15) is 0 Å². The highest BCUT2D eigenvalue weighted by Gasteiger charge is 2.50. The van der Waals surface area contributed by atoms with Gasteiger partial charge in [-0.25, -0.2) is 0 Å². The molecular weight excluding hydrogens is 308 g/mol. The topological polar surface area (TPSA) is 61.8 Å². The van der Waals surface area contributed by atoms with E-state index in [1.807, 2.05) is 20.8 Å². The van der Waals surface area contributed by atoms with E-state index in [1.54, 1.807) is 7.11 Å². The molecule has 1 saturated carbocycles. The molecule has 1 aliphatic carbocycles. The number of hydrogen-bond acceptors (Lipinski definition) is 5. The largest absolute Gasteiger partial charge is 0.465 e. The number of carbonyl (C=O) groups is 2. The molecule has 0 atom stereocenters. The quantitative estimate of drug-likeness (QED) is 0.595. The summed E-state index contributed by atoms with van der Waals surface area (Å²) in [5, 5.41) is 0. The first-order chi connectivity index (χ1) is 11.1. The summed E-state index contributed by atoms with van der Waals surface area (Å²) in [5.74, 6) is -0.573. The summed E-state index contributed by atoms with van der Waals surface area (Å²) in [7, 11) is 1.67. The zero-order chi connectivity index (χ0) is 18.4. The molecule has 0 bridgehead atoms. The summed E-state index contributed by atoms with van der Waals surface area (Å²) in [6, 6.07) is 0. The lowest BCUT2D eigenvalue weighted by Crippen LogP contribution is -2.48. The smallest absolute Gasteiger partial charge is 0.311 e. The first kappa shape index (κ1) is 20.9. The van der Waals surface area contributed by atoms with Crippen molar-refractivity contribution in [1.29, 1.82) is 0 Å². The Morgan fingerprint density at radius 3 is 2.17 bits per heavy atom. The van der Waals surface area contributed by atoms with Crippen LogP contribution in [0.15, 0.2) is 0 Å². The molecule has 0 saturated heterocycles. The first-order valence-electron chi connectivity index (χ1n) is 8.98. The predicted molar refractivity (Wildman–Crippen MR) is 92.6 cm³/mol. The van der Waals surface area contributed by atoms with Gasteiger partial charge in [0.05, 0.1) is 18.4 Å². The summed E-state index contributed by atoms with van der Waals surface area (Å²) in [6.07, 6.45) is 4.62. The fraction of sp³-hybridized carbons (Fsp3) is 0.895. The molecule has 5 nitrogen and oxygen atoms in total. The molecule has 0 unspecified atom stereocenters. The van der Waals surface area contributed by atoms with Crippen molar-refractivity contribution in [2.24, 2.45) is 10.8 Å². The van der Waals surface area contributed by atoms with E-state index in [0.29, 0.717) is 13.0 Å². The van der Waals surface area contributed by atoms with Crippen LogP contribution in [-0.2, 0) is 23.8 Å². The number of methoxy groups -OCH3 is 1. The second kappa shape index (κ2) is 8.32. The molecular formula is C19H34O5. The predicted octanol–water partition coefficient (Wildman–Crippen LogP) is 3.88. The van der Waals surface area contributed by atoms with Gasteiger partial charge in [0.1, 0.15) is 12.2 Å². The molecule has 0 N–H and O–H groups in total. The minimum absolute atomic E-state index is 0.0713. The Kier molecular flexibility index (Phi) is 7.26. The van der Waals surface area contributed by atoms with Gasteiger partial charge in [0.15, 0.2) is 0 Å². The van der Waals surface area contributed by atoms with Crippen LogP contribution >= 0.6 is 0 Å². The summed E-state index contributed by atoms with van der Waals surface area (Å²) in [6.45, 7) is 10.4. The maximum Gasteiger partial charge on any atom is 0.311 e. The minimum Gasteiger partial charge on any atom is -0.465 e. The lowest BCUT2D eigenvalue weighted by atomic mass is 9.74. The van der Waals surface area contributed by atoms with Crippen molar-refractivity contribution in [3.05, 3.63) is 0 Å². The third kappa shape index (κ3) is 4.95. The second-order valence-corrected chi connectivity index (χ2v) is 8.12. The number of rotatable bonds is 9. The van der Waals surface area contributed by atoms with Gasteiger partial charge in [-0.3, -0.25) is 9.59 Å². The van der Waals surface area contributed by atoms with Gasteiger partial charge < -0.3 is 14.2 Å². The molecule has 0 amide bonds. The molecule has 0 spiro atoms. The highest BCUT2D eigenvalue weighted by atomic mass is 16.6. The van der Waals surface area contributed by atoms with Crippen LogP contribution in [0, 0.1) is 10.8 Å². The van der Waals surface area contributed by atoms with E-state index in [2.05, 4.69) is 13.8 Å². The lowest BCUT2D eigenvalue weighted by Gasteiger charge is -2.43. The Balaban J connectivity index is 2.57. The molecule has 0 heterocycles. The van der Waals surface area contributed by atoms with Crippen LogP contribution in [0.3, 0.4) is 0 Å². The van der Waals surface area contributed by atoms with Crippen LogP contribution in [0.25, 0.3) is 0 Å². The standard InChI is InChI=1S/C19H34O5/c1-7-17(2,3)16(21)23-13-10-15(20)24-19(11-8-9-12-19)18(4,5)14-22-6/h7-14H2,1-6H3. The molecule has 24 heavy (non-hydrogen) atoms. The van der Waals surface area contributed by atoms with E-state index in [-0.39, 0.29) is 30.4 Å². The van der Waals surface area contributed by atoms with E-state index in [9.17, 15) is 9.59 Å². The van der Waals surface area contributed by atoms with Gasteiger partial charge in [-0.1, -0.05) is 20.8 Å². The number of esters is 2. The summed E-state index contributed by atoms with van der Waals surface area (Å²) >= 11 is 0. The van der Waals surface area contributed by atoms with Gasteiger partial charge in [0.25, 0.3) is 0 Å². The monoisotopic (exact) mass is 342 g/mol. The molecule has 0 aromatic carbocycles. The van der Waals surface area contributed by atoms with Gasteiger partial charge in [0, 0.05) is 12.5 Å². The fourth-order valence-electron chi connectivity index (χ4n) is 3.19. The van der Waals surface area contributed by atoms with Crippen LogP contribution in [0.4, 0.5) is 0 Å². The second-order valence-electron chi connectivity index (χ2n) is 8.12. The summed E-state index contributed by atoms with van der Waals surface area (Å²) in [5.41, 5.74) is -1.24. The fourth-order valence-corrected chi connectivity index (χ4v) is 3.19. The van der Waals surface area contributed by atoms with E-state index in [4.69, 9.17) is 14.2 Å². The number of hydrogen-bond donors (Lipinski definition) is 0. The Morgan fingerprint density at radius 1 is 1.08 bits per heavy atom. The summed E-state index contributed by atoms with van der Waals surface area (Å²) in [4.78, 5) is 24.2. The van der Waals surface area contributed by atoms with Gasteiger partial charge in [0.2, 0.25) is 0 Å². The third-order valence-electron chi connectivity index (χ3n) is 5.43. The zero-order valence-electron chi connectivity index (χ0n) is 16.2. The Morgan fingerprint density at radius 2 is 1.67 bits per heavy atom.